The van der Waals surface area contributed by atoms with Crippen molar-refractivity contribution in [2.75, 3.05) is 53.1 Å². The summed E-state index contributed by atoms with van der Waals surface area (Å²) in [4.78, 5) is 81.0. The maximum Gasteiger partial charge on any atom is 0.326 e. The number of carbonyl (C=O) groups is 7. The molecule has 0 unspecified atom stereocenters. The monoisotopic (exact) mass is 703 g/mol. The first-order chi connectivity index (χ1) is 23.5. The molecule has 0 fully saturated rings. The fraction of sp³-hybridized carbons (Fsp3) is 0.781. The van der Waals surface area contributed by atoms with Crippen molar-refractivity contribution in [2.24, 2.45) is 0 Å². The van der Waals surface area contributed by atoms with E-state index in [0.29, 0.717) is 58.4 Å². The highest BCUT2D eigenvalue weighted by Gasteiger charge is 2.21. The number of carboxylic acid groups (broad SMARTS) is 3. The fourth-order valence-corrected chi connectivity index (χ4v) is 4.50. The molecule has 0 spiro atoms. The van der Waals surface area contributed by atoms with Gasteiger partial charge in [0, 0.05) is 51.7 Å². The number of nitrogens with one attached hydrogen (secondary N) is 5. The van der Waals surface area contributed by atoms with E-state index in [9.17, 15) is 38.7 Å². The van der Waals surface area contributed by atoms with E-state index >= 15 is 0 Å². The number of unbranched alkanes of at least 4 members (excludes halogenated alkanes) is 6. The van der Waals surface area contributed by atoms with E-state index in [-0.39, 0.29) is 63.7 Å². The van der Waals surface area contributed by atoms with Crippen LogP contribution in [0.15, 0.2) is 0 Å². The van der Waals surface area contributed by atoms with Crippen molar-refractivity contribution in [1.29, 1.82) is 0 Å². The molecule has 282 valence electrons. The van der Waals surface area contributed by atoms with Gasteiger partial charge in [-0.1, -0.05) is 25.7 Å². The third-order valence-corrected chi connectivity index (χ3v) is 7.31. The SMILES string of the molecule is CN[C@@H](CCCCNC(=O)CC[C@H](NC(=O)CCC(=O)NCCOCCOCCNC(=O)CCCCCCCCC(=O)O)C(=O)O)C(=O)O. The number of hydrogen-bond donors (Lipinski definition) is 8. The Morgan fingerprint density at radius 1 is 0.490 bits per heavy atom. The van der Waals surface area contributed by atoms with Gasteiger partial charge in [0.2, 0.25) is 23.6 Å². The van der Waals surface area contributed by atoms with E-state index in [1.54, 1.807) is 7.05 Å². The van der Waals surface area contributed by atoms with Crippen LogP contribution in [0.1, 0.15) is 96.3 Å². The molecule has 0 aromatic heterocycles. The van der Waals surface area contributed by atoms with Crippen molar-refractivity contribution < 1.29 is 58.4 Å². The van der Waals surface area contributed by atoms with E-state index in [1.807, 2.05) is 0 Å². The van der Waals surface area contributed by atoms with Crippen molar-refractivity contribution in [2.45, 2.75) is 108 Å². The van der Waals surface area contributed by atoms with Crippen LogP contribution in [0.5, 0.6) is 0 Å². The summed E-state index contributed by atoms with van der Waals surface area (Å²) in [6.07, 6.45) is 6.81. The zero-order chi connectivity index (χ0) is 36.7. The van der Waals surface area contributed by atoms with Crippen molar-refractivity contribution >= 4 is 41.5 Å². The quantitative estimate of drug-likeness (QED) is 0.0435. The average molecular weight is 704 g/mol. The first-order valence-electron chi connectivity index (χ1n) is 17.1. The van der Waals surface area contributed by atoms with Crippen LogP contribution in [0.25, 0.3) is 0 Å². The zero-order valence-electron chi connectivity index (χ0n) is 28.7. The highest BCUT2D eigenvalue weighted by molar-refractivity contribution is 5.87. The van der Waals surface area contributed by atoms with Gasteiger partial charge >= 0.3 is 17.9 Å². The molecular weight excluding hydrogens is 646 g/mol. The minimum atomic E-state index is -1.30. The lowest BCUT2D eigenvalue weighted by Crippen LogP contribution is -2.42. The molecular formula is C32H57N5O12. The molecule has 17 heteroatoms. The maximum atomic E-state index is 12.2. The summed E-state index contributed by atoms with van der Waals surface area (Å²) in [6.45, 7) is 2.07. The molecule has 8 N–H and O–H groups in total. The largest absolute Gasteiger partial charge is 0.481 e. The van der Waals surface area contributed by atoms with Gasteiger partial charge in [-0.25, -0.2) is 4.79 Å². The second-order valence-electron chi connectivity index (χ2n) is 11.5. The molecule has 0 aliphatic carbocycles. The summed E-state index contributed by atoms with van der Waals surface area (Å²) >= 11 is 0. The third kappa shape index (κ3) is 28.9. The molecule has 49 heavy (non-hydrogen) atoms. The Kier molecular flexibility index (Phi) is 27.9. The highest BCUT2D eigenvalue weighted by Crippen LogP contribution is 2.08. The average Bonchev–Trinajstić information content (AvgIpc) is 3.05. The van der Waals surface area contributed by atoms with E-state index in [0.717, 1.165) is 32.1 Å². The Morgan fingerprint density at radius 2 is 0.980 bits per heavy atom. The normalized spacial score (nSPS) is 12.0. The molecule has 0 rings (SSSR count). The Hall–Kier alpha value is -3.83. The van der Waals surface area contributed by atoms with E-state index in [2.05, 4.69) is 26.6 Å². The van der Waals surface area contributed by atoms with Gasteiger partial charge < -0.3 is 51.4 Å². The summed E-state index contributed by atoms with van der Waals surface area (Å²) in [5.41, 5.74) is 0. The molecule has 0 aliphatic rings. The molecule has 0 aromatic rings. The minimum Gasteiger partial charge on any atom is -0.481 e. The number of carboxylic acids is 3. The number of aliphatic carboxylic acids is 3. The molecule has 0 radical (unpaired) electrons. The van der Waals surface area contributed by atoms with E-state index < -0.39 is 41.8 Å². The summed E-state index contributed by atoms with van der Waals surface area (Å²) < 4.78 is 10.8. The lowest BCUT2D eigenvalue weighted by Gasteiger charge is -2.15. The number of likely N-dealkylation sites (N-methyl/N-ethyl adjacent to an activating group) is 1. The van der Waals surface area contributed by atoms with Crippen LogP contribution in [0.2, 0.25) is 0 Å². The lowest BCUT2D eigenvalue weighted by molar-refractivity contribution is -0.142. The predicted molar refractivity (Wildman–Crippen MR) is 178 cm³/mol. The Bertz CT molecular complexity index is 998. The van der Waals surface area contributed by atoms with Crippen molar-refractivity contribution in [3.8, 4) is 0 Å². The molecule has 4 amide bonds. The zero-order valence-corrected chi connectivity index (χ0v) is 28.7. The Balaban J connectivity index is 3.79. The number of ether oxygens (including phenoxy) is 2. The van der Waals surface area contributed by atoms with Crippen LogP contribution >= 0.6 is 0 Å². The van der Waals surface area contributed by atoms with E-state index in [1.165, 1.54) is 0 Å². The number of carbonyl (C=O) groups excluding carboxylic acids is 4. The standard InChI is InChI=1S/C32H57N5O12/c1-33-24(31(44)45)10-8-9-17-34-27(39)14-13-25(32(46)47)37-29(41)16-15-28(40)36-19-21-49-23-22-48-20-18-35-26(38)11-6-4-2-3-5-7-12-30(42)43/h24-25,33H,2-23H2,1H3,(H,34,39)(H,35,38)(H,36,40)(H,37,41)(H,42,43)(H,44,45)(H,46,47)/t24-,25-/m0/s1. The molecule has 2 atom stereocenters. The molecule has 0 saturated carbocycles. The predicted octanol–water partition coefficient (Wildman–Crippen LogP) is 0.546. The van der Waals surface area contributed by atoms with Crippen LogP contribution in [0.3, 0.4) is 0 Å². The van der Waals surface area contributed by atoms with Crippen LogP contribution in [0, 0.1) is 0 Å². The van der Waals surface area contributed by atoms with Gasteiger partial charge in [0.25, 0.3) is 0 Å². The molecule has 0 saturated heterocycles. The van der Waals surface area contributed by atoms with Crippen LogP contribution in [-0.2, 0) is 43.0 Å². The summed E-state index contributed by atoms with van der Waals surface area (Å²) in [5, 5.41) is 40.0. The van der Waals surface area contributed by atoms with Crippen LogP contribution in [-0.4, -0.2) is 122 Å². The second-order valence-corrected chi connectivity index (χ2v) is 11.5. The fourth-order valence-electron chi connectivity index (χ4n) is 4.50. The van der Waals surface area contributed by atoms with Gasteiger partial charge in [0.05, 0.1) is 26.4 Å². The lowest BCUT2D eigenvalue weighted by atomic mass is 10.1. The molecule has 0 heterocycles. The minimum absolute atomic E-state index is 0.0377. The van der Waals surface area contributed by atoms with Gasteiger partial charge in [-0.15, -0.1) is 0 Å². The molecule has 17 nitrogen and oxygen atoms in total. The topological polar surface area (TPSA) is 259 Å². The second kappa shape index (κ2) is 30.2. The van der Waals surface area contributed by atoms with Gasteiger partial charge in [-0.05, 0) is 45.6 Å². The molecule has 0 bridgehead atoms. The summed E-state index contributed by atoms with van der Waals surface area (Å²) in [7, 11) is 1.56. The highest BCUT2D eigenvalue weighted by atomic mass is 16.5. The molecule has 0 aliphatic heterocycles. The summed E-state index contributed by atoms with van der Waals surface area (Å²) in [6, 6.07) is -1.94. The Labute approximate surface area is 288 Å². The Morgan fingerprint density at radius 3 is 1.53 bits per heavy atom. The molecule has 0 aromatic carbocycles. The third-order valence-electron chi connectivity index (χ3n) is 7.31. The smallest absolute Gasteiger partial charge is 0.326 e. The van der Waals surface area contributed by atoms with Gasteiger partial charge in [0.1, 0.15) is 12.1 Å². The van der Waals surface area contributed by atoms with Gasteiger partial charge in [0.15, 0.2) is 0 Å². The van der Waals surface area contributed by atoms with Crippen LogP contribution in [0.4, 0.5) is 0 Å². The number of rotatable bonds is 33. The summed E-state index contributed by atoms with van der Waals surface area (Å²) in [5.74, 6) is -4.47. The number of amides is 4. The van der Waals surface area contributed by atoms with Gasteiger partial charge in [-0.2, -0.15) is 0 Å². The van der Waals surface area contributed by atoms with E-state index in [4.69, 9.17) is 19.7 Å². The first-order valence-corrected chi connectivity index (χ1v) is 17.1. The first kappa shape index (κ1) is 45.2. The van der Waals surface area contributed by atoms with Crippen molar-refractivity contribution in [1.82, 2.24) is 26.6 Å². The van der Waals surface area contributed by atoms with Crippen LogP contribution < -0.4 is 26.6 Å². The van der Waals surface area contributed by atoms with Crippen molar-refractivity contribution in [3.05, 3.63) is 0 Å². The van der Waals surface area contributed by atoms with Gasteiger partial charge in [-0.3, -0.25) is 28.8 Å². The number of hydrogen-bond acceptors (Lipinski definition) is 10. The van der Waals surface area contributed by atoms with Crippen molar-refractivity contribution in [3.63, 3.8) is 0 Å². The maximum absolute atomic E-state index is 12.2.